The van der Waals surface area contributed by atoms with Gasteiger partial charge in [-0.05, 0) is 19.8 Å². The van der Waals surface area contributed by atoms with Gasteiger partial charge in [0.05, 0.1) is 11.6 Å². The topological polar surface area (TPSA) is 103 Å². The first kappa shape index (κ1) is 15.0. The Morgan fingerprint density at radius 1 is 1.60 bits per heavy atom. The van der Waals surface area contributed by atoms with Crippen molar-refractivity contribution in [1.29, 1.82) is 0 Å². The summed E-state index contributed by atoms with van der Waals surface area (Å²) in [5.41, 5.74) is -0.961. The van der Waals surface area contributed by atoms with Crippen molar-refractivity contribution in [2.45, 2.75) is 38.1 Å². The van der Waals surface area contributed by atoms with Crippen LogP contribution in [0.2, 0.25) is 0 Å². The minimum atomic E-state index is -3.69. The molecule has 2 rings (SSSR count). The van der Waals surface area contributed by atoms with Crippen LogP contribution in [0.3, 0.4) is 0 Å². The number of H-pyrrole nitrogens is 1. The van der Waals surface area contributed by atoms with Crippen LogP contribution < -0.4 is 0 Å². The van der Waals surface area contributed by atoms with Crippen LogP contribution in [0.5, 0.6) is 0 Å². The molecule has 1 unspecified atom stereocenters. The summed E-state index contributed by atoms with van der Waals surface area (Å²) < 4.78 is 26.1. The molecule has 1 aliphatic heterocycles. The van der Waals surface area contributed by atoms with E-state index in [1.165, 1.54) is 10.5 Å². The Morgan fingerprint density at radius 3 is 2.80 bits per heavy atom. The highest BCUT2D eigenvalue weighted by Crippen LogP contribution is 2.37. The summed E-state index contributed by atoms with van der Waals surface area (Å²) in [6, 6.07) is 0. The SMILES string of the molecule is CCCC1(C(=O)O)CCN(S(=O)(=O)c2cnc(C)[nH]2)C1. The van der Waals surface area contributed by atoms with E-state index in [2.05, 4.69) is 9.97 Å². The number of imidazole rings is 1. The summed E-state index contributed by atoms with van der Waals surface area (Å²) >= 11 is 0. The number of aryl methyl sites for hydroxylation is 1. The van der Waals surface area contributed by atoms with Crippen molar-refractivity contribution in [1.82, 2.24) is 14.3 Å². The van der Waals surface area contributed by atoms with E-state index < -0.39 is 21.4 Å². The average molecular weight is 301 g/mol. The van der Waals surface area contributed by atoms with E-state index in [1.54, 1.807) is 6.92 Å². The normalized spacial score (nSPS) is 24.1. The summed E-state index contributed by atoms with van der Waals surface area (Å²) in [5.74, 6) is -0.404. The molecule has 1 saturated heterocycles. The first-order chi connectivity index (χ1) is 9.32. The lowest BCUT2D eigenvalue weighted by atomic mass is 9.83. The monoisotopic (exact) mass is 301 g/mol. The predicted molar refractivity (Wildman–Crippen MR) is 71.7 cm³/mol. The molecule has 8 heteroatoms. The molecule has 1 aromatic rings. The van der Waals surface area contributed by atoms with Crippen LogP contribution in [0.25, 0.3) is 0 Å². The molecule has 2 heterocycles. The maximum Gasteiger partial charge on any atom is 0.311 e. The fraction of sp³-hybridized carbons (Fsp3) is 0.667. The van der Waals surface area contributed by atoms with Gasteiger partial charge in [0.2, 0.25) is 0 Å². The third-order valence-corrected chi connectivity index (χ3v) is 5.55. The molecule has 1 atom stereocenters. The van der Waals surface area contributed by atoms with Gasteiger partial charge in [-0.25, -0.2) is 13.4 Å². The fourth-order valence-electron chi connectivity index (χ4n) is 2.67. The molecule has 0 spiro atoms. The van der Waals surface area contributed by atoms with Crippen LogP contribution in [-0.2, 0) is 14.8 Å². The molecular formula is C12H19N3O4S. The van der Waals surface area contributed by atoms with Crippen LogP contribution in [-0.4, -0.2) is 46.9 Å². The lowest BCUT2D eigenvalue weighted by molar-refractivity contribution is -0.148. The quantitative estimate of drug-likeness (QED) is 0.844. The number of carbonyl (C=O) groups is 1. The second kappa shape index (κ2) is 5.17. The molecule has 0 aromatic carbocycles. The summed E-state index contributed by atoms with van der Waals surface area (Å²) in [6.07, 6.45) is 2.81. The van der Waals surface area contributed by atoms with E-state index in [-0.39, 0.29) is 18.1 Å². The van der Waals surface area contributed by atoms with Crippen LogP contribution in [0, 0.1) is 12.3 Å². The van der Waals surface area contributed by atoms with Gasteiger partial charge >= 0.3 is 5.97 Å². The smallest absolute Gasteiger partial charge is 0.311 e. The molecule has 1 aliphatic rings. The fourth-order valence-corrected chi connectivity index (χ4v) is 4.16. The Hall–Kier alpha value is -1.41. The van der Waals surface area contributed by atoms with E-state index in [0.717, 1.165) is 0 Å². The maximum atomic E-state index is 12.4. The predicted octanol–water partition coefficient (Wildman–Crippen LogP) is 0.984. The van der Waals surface area contributed by atoms with Gasteiger partial charge in [0, 0.05) is 13.1 Å². The van der Waals surface area contributed by atoms with Gasteiger partial charge in [0.1, 0.15) is 5.82 Å². The number of carboxylic acid groups (broad SMARTS) is 1. The maximum absolute atomic E-state index is 12.4. The van der Waals surface area contributed by atoms with Gasteiger partial charge in [0.15, 0.2) is 5.03 Å². The van der Waals surface area contributed by atoms with Gasteiger partial charge < -0.3 is 10.1 Å². The van der Waals surface area contributed by atoms with Gasteiger partial charge in [-0.1, -0.05) is 13.3 Å². The minimum Gasteiger partial charge on any atom is -0.481 e. The van der Waals surface area contributed by atoms with Crippen LogP contribution in [0.1, 0.15) is 32.0 Å². The third kappa shape index (κ3) is 2.45. The van der Waals surface area contributed by atoms with Crippen molar-refractivity contribution in [2.24, 2.45) is 5.41 Å². The van der Waals surface area contributed by atoms with E-state index in [1.807, 2.05) is 6.92 Å². The summed E-state index contributed by atoms with van der Waals surface area (Å²) in [4.78, 5) is 18.1. The summed E-state index contributed by atoms with van der Waals surface area (Å²) in [5, 5.41) is 9.43. The van der Waals surface area contributed by atoms with Gasteiger partial charge in [0.25, 0.3) is 10.0 Å². The Morgan fingerprint density at radius 2 is 2.30 bits per heavy atom. The van der Waals surface area contributed by atoms with Crippen molar-refractivity contribution in [3.63, 3.8) is 0 Å². The number of aromatic amines is 1. The Balaban J connectivity index is 2.26. The number of nitrogens with zero attached hydrogens (tertiary/aromatic N) is 2. The average Bonchev–Trinajstić information content (AvgIpc) is 2.97. The number of aromatic nitrogens is 2. The molecular weight excluding hydrogens is 282 g/mol. The number of hydrogen-bond donors (Lipinski definition) is 2. The van der Waals surface area contributed by atoms with E-state index >= 15 is 0 Å². The molecule has 20 heavy (non-hydrogen) atoms. The number of hydrogen-bond acceptors (Lipinski definition) is 4. The molecule has 0 saturated carbocycles. The van der Waals surface area contributed by atoms with E-state index in [4.69, 9.17) is 0 Å². The lowest BCUT2D eigenvalue weighted by Crippen LogP contribution is -2.37. The number of aliphatic carboxylic acids is 1. The molecule has 7 nitrogen and oxygen atoms in total. The number of nitrogens with one attached hydrogen (secondary N) is 1. The Kier molecular flexibility index (Phi) is 3.88. The molecule has 112 valence electrons. The number of sulfonamides is 1. The second-order valence-corrected chi connectivity index (χ2v) is 7.16. The first-order valence-electron chi connectivity index (χ1n) is 6.57. The molecule has 2 N–H and O–H groups in total. The molecule has 0 bridgehead atoms. The zero-order valence-electron chi connectivity index (χ0n) is 11.6. The van der Waals surface area contributed by atoms with Crippen LogP contribution in [0.4, 0.5) is 0 Å². The molecule has 0 radical (unpaired) electrons. The highest BCUT2D eigenvalue weighted by molar-refractivity contribution is 7.89. The van der Waals surface area contributed by atoms with Crippen molar-refractivity contribution >= 4 is 16.0 Å². The largest absolute Gasteiger partial charge is 0.481 e. The van der Waals surface area contributed by atoms with Crippen molar-refractivity contribution in [2.75, 3.05) is 13.1 Å². The van der Waals surface area contributed by atoms with E-state index in [9.17, 15) is 18.3 Å². The number of carboxylic acids is 1. The van der Waals surface area contributed by atoms with Crippen molar-refractivity contribution in [3.8, 4) is 0 Å². The minimum absolute atomic E-state index is 0.0210. The van der Waals surface area contributed by atoms with E-state index in [0.29, 0.717) is 25.1 Å². The van der Waals surface area contributed by atoms with Gasteiger partial charge in [-0.2, -0.15) is 4.31 Å². The van der Waals surface area contributed by atoms with Crippen molar-refractivity contribution < 1.29 is 18.3 Å². The van der Waals surface area contributed by atoms with Gasteiger partial charge in [-0.3, -0.25) is 4.79 Å². The van der Waals surface area contributed by atoms with Crippen LogP contribution >= 0.6 is 0 Å². The molecule has 1 aromatic heterocycles. The molecule has 0 amide bonds. The summed E-state index contributed by atoms with van der Waals surface area (Å²) in [6.45, 7) is 3.82. The first-order valence-corrected chi connectivity index (χ1v) is 8.01. The Bertz CT molecular complexity index is 610. The highest BCUT2D eigenvalue weighted by Gasteiger charge is 2.47. The summed E-state index contributed by atoms with van der Waals surface area (Å²) in [7, 11) is -3.69. The zero-order valence-corrected chi connectivity index (χ0v) is 12.4. The number of rotatable bonds is 5. The Labute approximate surface area is 118 Å². The van der Waals surface area contributed by atoms with Crippen LogP contribution in [0.15, 0.2) is 11.2 Å². The zero-order chi connectivity index (χ0) is 15.0. The third-order valence-electron chi connectivity index (χ3n) is 3.80. The lowest BCUT2D eigenvalue weighted by Gasteiger charge is -2.23. The molecule has 1 fully saturated rings. The van der Waals surface area contributed by atoms with Gasteiger partial charge in [-0.15, -0.1) is 0 Å². The molecule has 0 aliphatic carbocycles. The standard InChI is InChI=1S/C12H19N3O4S/c1-3-4-12(11(16)17)5-6-15(8-12)20(18,19)10-7-13-9(2)14-10/h7H,3-6,8H2,1-2H3,(H,13,14)(H,16,17). The second-order valence-electron chi connectivity index (χ2n) is 5.26. The highest BCUT2D eigenvalue weighted by atomic mass is 32.2. The van der Waals surface area contributed by atoms with Crippen molar-refractivity contribution in [3.05, 3.63) is 12.0 Å².